The Bertz CT molecular complexity index is 529. The molecular formula is C14H25N3O2S. The summed E-state index contributed by atoms with van der Waals surface area (Å²) in [4.78, 5) is 4.19. The Morgan fingerprint density at radius 3 is 2.55 bits per heavy atom. The number of pyridine rings is 1. The molecule has 0 aromatic carbocycles. The molecule has 0 aliphatic carbocycles. The Hall–Kier alpha value is -1.14. The monoisotopic (exact) mass is 299 g/mol. The third kappa shape index (κ3) is 3.93. The van der Waals surface area contributed by atoms with Crippen molar-refractivity contribution >= 4 is 15.7 Å². The van der Waals surface area contributed by atoms with Crippen molar-refractivity contribution in [2.45, 2.75) is 45.1 Å². The van der Waals surface area contributed by atoms with E-state index >= 15 is 0 Å². The summed E-state index contributed by atoms with van der Waals surface area (Å²) in [5.41, 5.74) is 0.603. The Morgan fingerprint density at radius 1 is 1.35 bits per heavy atom. The molecule has 5 nitrogen and oxygen atoms in total. The lowest BCUT2D eigenvalue weighted by Gasteiger charge is -2.26. The van der Waals surface area contributed by atoms with E-state index < -0.39 is 10.0 Å². The molecule has 0 aliphatic heterocycles. The minimum atomic E-state index is -3.53. The number of sulfonamides is 1. The highest BCUT2D eigenvalue weighted by atomic mass is 32.2. The highest BCUT2D eigenvalue weighted by Gasteiger charge is 2.28. The molecule has 0 saturated heterocycles. The maximum Gasteiger partial charge on any atom is 0.246 e. The van der Waals surface area contributed by atoms with E-state index in [9.17, 15) is 8.42 Å². The molecule has 1 aromatic rings. The Morgan fingerprint density at radius 2 is 2.00 bits per heavy atom. The normalized spacial score (nSPS) is 13.8. The SMILES string of the molecule is CCNc1ccncc1S(=O)(=O)N(C)C(C)CC(C)C. The first-order valence-electron chi connectivity index (χ1n) is 6.96. The molecule has 1 heterocycles. The third-order valence-corrected chi connectivity index (χ3v) is 5.24. The Labute approximate surface area is 122 Å². The molecule has 0 aliphatic rings. The van der Waals surface area contributed by atoms with Gasteiger partial charge in [-0.25, -0.2) is 8.42 Å². The van der Waals surface area contributed by atoms with Gasteiger partial charge in [0.25, 0.3) is 0 Å². The molecule has 0 fully saturated rings. The molecule has 0 saturated carbocycles. The fourth-order valence-electron chi connectivity index (χ4n) is 2.14. The first-order chi connectivity index (χ1) is 9.30. The number of hydrogen-bond acceptors (Lipinski definition) is 4. The molecule has 0 radical (unpaired) electrons. The molecule has 114 valence electrons. The van der Waals surface area contributed by atoms with Crippen molar-refractivity contribution in [1.82, 2.24) is 9.29 Å². The molecule has 1 aromatic heterocycles. The van der Waals surface area contributed by atoms with Crippen molar-refractivity contribution in [2.24, 2.45) is 5.92 Å². The molecule has 1 rings (SSSR count). The van der Waals surface area contributed by atoms with Crippen LogP contribution < -0.4 is 5.32 Å². The van der Waals surface area contributed by atoms with Gasteiger partial charge in [0.15, 0.2) is 0 Å². The molecule has 0 amide bonds. The smallest absolute Gasteiger partial charge is 0.246 e. The highest BCUT2D eigenvalue weighted by molar-refractivity contribution is 7.89. The summed E-state index contributed by atoms with van der Waals surface area (Å²) >= 11 is 0. The second-order valence-electron chi connectivity index (χ2n) is 5.40. The van der Waals surface area contributed by atoms with E-state index in [-0.39, 0.29) is 10.9 Å². The zero-order valence-corrected chi connectivity index (χ0v) is 13.7. The van der Waals surface area contributed by atoms with E-state index in [4.69, 9.17) is 0 Å². The summed E-state index contributed by atoms with van der Waals surface area (Å²) in [5, 5.41) is 3.07. The predicted octanol–water partition coefficient (Wildman–Crippen LogP) is 2.57. The predicted molar refractivity (Wildman–Crippen MR) is 82.3 cm³/mol. The summed E-state index contributed by atoms with van der Waals surface area (Å²) < 4.78 is 26.8. The highest BCUT2D eigenvalue weighted by Crippen LogP contribution is 2.25. The topological polar surface area (TPSA) is 62.3 Å². The quantitative estimate of drug-likeness (QED) is 0.840. The molecule has 0 spiro atoms. The summed E-state index contributed by atoms with van der Waals surface area (Å²) in [5.74, 6) is 0.449. The van der Waals surface area contributed by atoms with Crippen LogP contribution in [0.4, 0.5) is 5.69 Å². The fraction of sp³-hybridized carbons (Fsp3) is 0.643. The van der Waals surface area contributed by atoms with Crippen LogP contribution in [0.1, 0.15) is 34.1 Å². The molecule has 1 atom stereocenters. The second-order valence-corrected chi connectivity index (χ2v) is 7.37. The fourth-order valence-corrected chi connectivity index (χ4v) is 3.63. The van der Waals surface area contributed by atoms with Gasteiger partial charge in [0, 0.05) is 32.0 Å². The maximum atomic E-state index is 12.7. The average molecular weight is 299 g/mol. The summed E-state index contributed by atoms with van der Waals surface area (Å²) in [7, 11) is -1.90. The van der Waals surface area contributed by atoms with Crippen LogP contribution in [-0.2, 0) is 10.0 Å². The molecule has 6 heteroatoms. The van der Waals surface area contributed by atoms with Crippen molar-refractivity contribution in [3.8, 4) is 0 Å². The van der Waals surface area contributed by atoms with Crippen LogP contribution in [0.3, 0.4) is 0 Å². The first kappa shape index (κ1) is 16.9. The number of anilines is 1. The van der Waals surface area contributed by atoms with Gasteiger partial charge in [0.2, 0.25) is 10.0 Å². The van der Waals surface area contributed by atoms with Gasteiger partial charge in [-0.1, -0.05) is 13.8 Å². The van der Waals surface area contributed by atoms with Gasteiger partial charge in [0.05, 0.1) is 5.69 Å². The lowest BCUT2D eigenvalue weighted by molar-refractivity contribution is 0.338. The Balaban J connectivity index is 3.10. The van der Waals surface area contributed by atoms with E-state index in [0.29, 0.717) is 18.2 Å². The standard InChI is InChI=1S/C14H25N3O2S/c1-6-16-13-7-8-15-10-14(13)20(18,19)17(5)12(4)9-11(2)3/h7-8,10-12H,6,9H2,1-5H3,(H,15,16). The number of rotatable bonds is 7. The number of hydrogen-bond donors (Lipinski definition) is 1. The van der Waals surface area contributed by atoms with Gasteiger partial charge < -0.3 is 5.32 Å². The molecule has 20 heavy (non-hydrogen) atoms. The lowest BCUT2D eigenvalue weighted by Crippen LogP contribution is -2.36. The van der Waals surface area contributed by atoms with Crippen molar-refractivity contribution in [2.75, 3.05) is 18.9 Å². The van der Waals surface area contributed by atoms with E-state index in [1.54, 1.807) is 19.3 Å². The van der Waals surface area contributed by atoms with Gasteiger partial charge in [-0.15, -0.1) is 0 Å². The van der Waals surface area contributed by atoms with E-state index in [1.165, 1.54) is 10.5 Å². The molecule has 0 bridgehead atoms. The summed E-state index contributed by atoms with van der Waals surface area (Å²) in [6, 6.07) is 1.65. The Kier molecular flexibility index (Phi) is 5.95. The van der Waals surface area contributed by atoms with Crippen molar-refractivity contribution in [3.63, 3.8) is 0 Å². The van der Waals surface area contributed by atoms with Crippen LogP contribution in [0.25, 0.3) is 0 Å². The molecule has 1 N–H and O–H groups in total. The molecular weight excluding hydrogens is 274 g/mol. The van der Waals surface area contributed by atoms with Crippen LogP contribution in [0.5, 0.6) is 0 Å². The largest absolute Gasteiger partial charge is 0.384 e. The number of nitrogens with one attached hydrogen (secondary N) is 1. The van der Waals surface area contributed by atoms with Crippen molar-refractivity contribution < 1.29 is 8.42 Å². The first-order valence-corrected chi connectivity index (χ1v) is 8.40. The van der Waals surface area contributed by atoms with Gasteiger partial charge in [0.1, 0.15) is 4.90 Å². The van der Waals surface area contributed by atoms with Crippen molar-refractivity contribution in [3.05, 3.63) is 18.5 Å². The van der Waals surface area contributed by atoms with Crippen LogP contribution in [0.15, 0.2) is 23.4 Å². The van der Waals surface area contributed by atoms with Gasteiger partial charge >= 0.3 is 0 Å². The van der Waals surface area contributed by atoms with Crippen LogP contribution in [-0.4, -0.2) is 37.3 Å². The van der Waals surface area contributed by atoms with Crippen LogP contribution in [0.2, 0.25) is 0 Å². The van der Waals surface area contributed by atoms with Crippen LogP contribution in [0, 0.1) is 5.92 Å². The van der Waals surface area contributed by atoms with Gasteiger partial charge in [-0.3, -0.25) is 4.98 Å². The molecule has 1 unspecified atom stereocenters. The summed E-state index contributed by atoms with van der Waals surface area (Å²) in [6.07, 6.45) is 3.83. The lowest BCUT2D eigenvalue weighted by atomic mass is 10.1. The third-order valence-electron chi connectivity index (χ3n) is 3.24. The average Bonchev–Trinajstić information content (AvgIpc) is 2.37. The van der Waals surface area contributed by atoms with E-state index in [0.717, 1.165) is 6.42 Å². The zero-order valence-electron chi connectivity index (χ0n) is 12.9. The number of aromatic nitrogens is 1. The van der Waals surface area contributed by atoms with Gasteiger partial charge in [-0.2, -0.15) is 4.31 Å². The second kappa shape index (κ2) is 7.04. The van der Waals surface area contributed by atoms with Gasteiger partial charge in [-0.05, 0) is 32.3 Å². The van der Waals surface area contributed by atoms with Crippen molar-refractivity contribution in [1.29, 1.82) is 0 Å². The zero-order chi connectivity index (χ0) is 15.3. The minimum absolute atomic E-state index is 0.0466. The van der Waals surface area contributed by atoms with E-state index in [1.807, 2.05) is 13.8 Å². The summed E-state index contributed by atoms with van der Waals surface area (Å²) in [6.45, 7) is 8.71. The minimum Gasteiger partial charge on any atom is -0.384 e. The van der Waals surface area contributed by atoms with E-state index in [2.05, 4.69) is 24.1 Å². The maximum absolute atomic E-state index is 12.7. The van der Waals surface area contributed by atoms with Crippen LogP contribution >= 0.6 is 0 Å². The number of nitrogens with zero attached hydrogens (tertiary/aromatic N) is 2.